The van der Waals surface area contributed by atoms with E-state index in [0.717, 1.165) is 17.1 Å². The van der Waals surface area contributed by atoms with Crippen LogP contribution in [0.2, 0.25) is 5.02 Å². The molecule has 0 spiro atoms. The molecule has 2 nitrogen and oxygen atoms in total. The molecule has 0 amide bonds. The van der Waals surface area contributed by atoms with Crippen molar-refractivity contribution >= 4 is 29.1 Å². The van der Waals surface area contributed by atoms with Crippen molar-refractivity contribution in [3.8, 4) is 0 Å². The quantitative estimate of drug-likeness (QED) is 0.463. The Balaban J connectivity index is 2.53. The van der Waals surface area contributed by atoms with Gasteiger partial charge in [-0.05, 0) is 24.6 Å². The average Bonchev–Trinajstić information content (AvgIpc) is 2.12. The van der Waals surface area contributed by atoms with Gasteiger partial charge in [0.05, 0.1) is 10.7 Å². The molecule has 0 bridgehead atoms. The molecule has 0 aliphatic rings. The smallest absolute Gasteiger partial charge is 0.0646 e. The van der Waals surface area contributed by atoms with Crippen molar-refractivity contribution in [3.63, 3.8) is 0 Å². The minimum atomic E-state index is 0.232. The van der Waals surface area contributed by atoms with Crippen LogP contribution < -0.4 is 5.73 Å². The van der Waals surface area contributed by atoms with E-state index in [1.165, 1.54) is 0 Å². The van der Waals surface area contributed by atoms with Crippen molar-refractivity contribution in [1.82, 2.24) is 0 Å². The molecule has 0 saturated carbocycles. The van der Waals surface area contributed by atoms with Gasteiger partial charge in [-0.3, -0.25) is 0 Å². The fourth-order valence-corrected chi connectivity index (χ4v) is 1.97. The van der Waals surface area contributed by atoms with Crippen LogP contribution in [-0.2, 0) is 0 Å². The normalized spacial score (nSPS) is 10.3. The first-order valence-corrected chi connectivity index (χ1v) is 5.39. The standard InChI is InChI=1S/C9H12ClNOS/c10-8-6-7(2-3-9(8)11)13-5-1-4-12/h2-3,6,12H,1,4-5,11H2. The van der Waals surface area contributed by atoms with Gasteiger partial charge in [-0.2, -0.15) is 0 Å². The van der Waals surface area contributed by atoms with Gasteiger partial charge >= 0.3 is 0 Å². The lowest BCUT2D eigenvalue weighted by molar-refractivity contribution is 0.296. The van der Waals surface area contributed by atoms with Gasteiger partial charge in [0.2, 0.25) is 0 Å². The second kappa shape index (κ2) is 5.37. The van der Waals surface area contributed by atoms with Gasteiger partial charge in [0.1, 0.15) is 0 Å². The highest BCUT2D eigenvalue weighted by Crippen LogP contribution is 2.26. The van der Waals surface area contributed by atoms with Crippen LogP contribution in [0, 0.1) is 0 Å². The highest BCUT2D eigenvalue weighted by molar-refractivity contribution is 7.99. The van der Waals surface area contributed by atoms with E-state index in [2.05, 4.69) is 0 Å². The van der Waals surface area contributed by atoms with Gasteiger partial charge in [-0.15, -0.1) is 11.8 Å². The van der Waals surface area contributed by atoms with E-state index in [1.807, 2.05) is 12.1 Å². The summed E-state index contributed by atoms with van der Waals surface area (Å²) in [6.45, 7) is 0.232. The molecule has 0 unspecified atom stereocenters. The maximum atomic E-state index is 8.58. The van der Waals surface area contributed by atoms with Crippen LogP contribution in [0.1, 0.15) is 6.42 Å². The monoisotopic (exact) mass is 217 g/mol. The predicted octanol–water partition coefficient (Wildman–Crippen LogP) is 2.40. The number of thioether (sulfide) groups is 1. The Labute approximate surface area is 87.1 Å². The largest absolute Gasteiger partial charge is 0.398 e. The van der Waals surface area contributed by atoms with E-state index in [1.54, 1.807) is 17.8 Å². The van der Waals surface area contributed by atoms with Crippen LogP contribution >= 0.6 is 23.4 Å². The minimum absolute atomic E-state index is 0.232. The first kappa shape index (κ1) is 10.7. The Hall–Kier alpha value is -0.380. The van der Waals surface area contributed by atoms with Crippen LogP contribution in [0.15, 0.2) is 23.1 Å². The van der Waals surface area contributed by atoms with Gasteiger partial charge < -0.3 is 10.8 Å². The van der Waals surface area contributed by atoms with Crippen LogP contribution in [0.5, 0.6) is 0 Å². The number of aliphatic hydroxyl groups is 1. The second-order valence-electron chi connectivity index (χ2n) is 2.61. The van der Waals surface area contributed by atoms with Crippen LogP contribution in [0.4, 0.5) is 5.69 Å². The Bertz CT molecular complexity index is 280. The molecule has 0 fully saturated rings. The number of hydrogen-bond acceptors (Lipinski definition) is 3. The topological polar surface area (TPSA) is 46.2 Å². The Morgan fingerprint density at radius 1 is 1.46 bits per heavy atom. The first-order chi connectivity index (χ1) is 6.24. The van der Waals surface area contributed by atoms with E-state index in [0.29, 0.717) is 10.7 Å². The first-order valence-electron chi connectivity index (χ1n) is 4.02. The Morgan fingerprint density at radius 3 is 2.85 bits per heavy atom. The zero-order valence-corrected chi connectivity index (χ0v) is 8.74. The number of rotatable bonds is 4. The summed E-state index contributed by atoms with van der Waals surface area (Å²) in [5.41, 5.74) is 6.17. The van der Waals surface area contributed by atoms with Crippen LogP contribution in [0.3, 0.4) is 0 Å². The zero-order chi connectivity index (χ0) is 9.68. The van der Waals surface area contributed by atoms with Gasteiger partial charge in [-0.1, -0.05) is 11.6 Å². The molecule has 3 N–H and O–H groups in total. The molecule has 4 heteroatoms. The van der Waals surface area contributed by atoms with Crippen molar-refractivity contribution < 1.29 is 5.11 Å². The van der Waals surface area contributed by atoms with E-state index in [-0.39, 0.29) is 6.61 Å². The fraction of sp³-hybridized carbons (Fsp3) is 0.333. The maximum Gasteiger partial charge on any atom is 0.0646 e. The molecule has 13 heavy (non-hydrogen) atoms. The number of benzene rings is 1. The number of nitrogen functional groups attached to an aromatic ring is 1. The number of hydrogen-bond donors (Lipinski definition) is 2. The predicted molar refractivity (Wildman–Crippen MR) is 58.3 cm³/mol. The SMILES string of the molecule is Nc1ccc(SCCCO)cc1Cl. The van der Waals surface area contributed by atoms with Crippen molar-refractivity contribution in [2.75, 3.05) is 18.1 Å². The molecule has 1 aromatic rings. The molecule has 72 valence electrons. The lowest BCUT2D eigenvalue weighted by atomic mass is 10.3. The van der Waals surface area contributed by atoms with E-state index >= 15 is 0 Å². The third-order valence-electron chi connectivity index (χ3n) is 1.54. The van der Waals surface area contributed by atoms with Gasteiger partial charge in [0.25, 0.3) is 0 Å². The van der Waals surface area contributed by atoms with Crippen molar-refractivity contribution in [2.24, 2.45) is 0 Å². The van der Waals surface area contributed by atoms with Crippen molar-refractivity contribution in [1.29, 1.82) is 0 Å². The van der Waals surface area contributed by atoms with Gasteiger partial charge in [0.15, 0.2) is 0 Å². The van der Waals surface area contributed by atoms with E-state index in [4.69, 9.17) is 22.4 Å². The minimum Gasteiger partial charge on any atom is -0.398 e. The summed E-state index contributed by atoms with van der Waals surface area (Å²) in [6.07, 6.45) is 0.798. The fourth-order valence-electron chi connectivity index (χ4n) is 0.852. The zero-order valence-electron chi connectivity index (χ0n) is 7.16. The molecule has 0 aliphatic heterocycles. The molecule has 0 heterocycles. The molecule has 0 aliphatic carbocycles. The average molecular weight is 218 g/mol. The van der Waals surface area contributed by atoms with E-state index < -0.39 is 0 Å². The second-order valence-corrected chi connectivity index (χ2v) is 4.18. The van der Waals surface area contributed by atoms with Crippen LogP contribution in [-0.4, -0.2) is 17.5 Å². The lowest BCUT2D eigenvalue weighted by Crippen LogP contribution is -1.88. The number of halogens is 1. The van der Waals surface area contributed by atoms with E-state index in [9.17, 15) is 0 Å². The molecule has 0 radical (unpaired) electrons. The molecule has 0 aromatic heterocycles. The highest BCUT2D eigenvalue weighted by atomic mass is 35.5. The molecular formula is C9H12ClNOS. The lowest BCUT2D eigenvalue weighted by Gasteiger charge is -2.02. The van der Waals surface area contributed by atoms with Gasteiger partial charge in [0, 0.05) is 17.3 Å². The summed E-state index contributed by atoms with van der Waals surface area (Å²) in [4.78, 5) is 1.09. The van der Waals surface area contributed by atoms with Gasteiger partial charge in [-0.25, -0.2) is 0 Å². The summed E-state index contributed by atoms with van der Waals surface area (Å²) in [6, 6.07) is 5.58. The Morgan fingerprint density at radius 2 is 2.23 bits per heavy atom. The number of anilines is 1. The molecule has 0 atom stereocenters. The highest BCUT2D eigenvalue weighted by Gasteiger charge is 1.98. The van der Waals surface area contributed by atoms with Crippen molar-refractivity contribution in [2.45, 2.75) is 11.3 Å². The van der Waals surface area contributed by atoms with Crippen molar-refractivity contribution in [3.05, 3.63) is 23.2 Å². The Kier molecular flexibility index (Phi) is 4.42. The summed E-state index contributed by atoms with van der Waals surface area (Å²) in [5, 5.41) is 9.18. The maximum absolute atomic E-state index is 8.58. The molecule has 1 aromatic carbocycles. The number of aliphatic hydroxyl groups excluding tert-OH is 1. The summed E-state index contributed by atoms with van der Waals surface area (Å²) < 4.78 is 0. The summed E-state index contributed by atoms with van der Waals surface area (Å²) >= 11 is 7.51. The molecule has 1 rings (SSSR count). The third-order valence-corrected chi connectivity index (χ3v) is 2.95. The summed E-state index contributed by atoms with van der Waals surface area (Å²) in [5.74, 6) is 0.900. The molecular weight excluding hydrogens is 206 g/mol. The number of nitrogens with two attached hydrogens (primary N) is 1. The molecule has 0 saturated heterocycles. The third kappa shape index (κ3) is 3.46. The van der Waals surface area contributed by atoms with Crippen LogP contribution in [0.25, 0.3) is 0 Å². The summed E-state index contributed by atoms with van der Waals surface area (Å²) in [7, 11) is 0.